The number of nitrogen functional groups attached to an aromatic ring is 1. The summed E-state index contributed by atoms with van der Waals surface area (Å²) in [5.41, 5.74) is 7.60. The van der Waals surface area contributed by atoms with Crippen molar-refractivity contribution in [2.24, 2.45) is 0 Å². The summed E-state index contributed by atoms with van der Waals surface area (Å²) in [6.45, 7) is 1.87. The van der Waals surface area contributed by atoms with Gasteiger partial charge in [0.05, 0.1) is 10.2 Å². The largest absolute Gasteiger partial charge is 0.368 e. The third kappa shape index (κ3) is 2.17. The lowest BCUT2D eigenvalue weighted by Crippen LogP contribution is -2.03. The van der Waals surface area contributed by atoms with Gasteiger partial charge >= 0.3 is 0 Å². The number of hydrogen-bond acceptors (Lipinski definition) is 5. The van der Waals surface area contributed by atoms with Gasteiger partial charge in [-0.25, -0.2) is 4.98 Å². The molecule has 6 nitrogen and oxygen atoms in total. The number of aryl methyl sites for hydroxylation is 1. The van der Waals surface area contributed by atoms with Crippen molar-refractivity contribution in [1.82, 2.24) is 20.2 Å². The minimum Gasteiger partial charge on any atom is -0.368 e. The van der Waals surface area contributed by atoms with Crippen LogP contribution in [0.5, 0.6) is 0 Å². The fourth-order valence-corrected chi connectivity index (χ4v) is 2.07. The Kier molecular flexibility index (Phi) is 2.70. The van der Waals surface area contributed by atoms with Crippen LogP contribution in [0.3, 0.4) is 0 Å². The molecule has 2 aromatic rings. The quantitative estimate of drug-likeness (QED) is 0.810. The number of H-pyrrole nitrogens is 1. The number of aromatic nitrogens is 4. The smallest absolute Gasteiger partial charge is 0.222 e. The maximum atomic E-state index is 5.63. The van der Waals surface area contributed by atoms with Gasteiger partial charge in [-0.1, -0.05) is 0 Å². The molecular formula is C11H13BrN6. The molecule has 0 saturated heterocycles. The van der Waals surface area contributed by atoms with E-state index in [2.05, 4.69) is 41.4 Å². The molecule has 2 aromatic heterocycles. The molecule has 1 saturated carbocycles. The van der Waals surface area contributed by atoms with Gasteiger partial charge in [0.25, 0.3) is 0 Å². The molecule has 0 aliphatic heterocycles. The van der Waals surface area contributed by atoms with E-state index in [9.17, 15) is 0 Å². The van der Waals surface area contributed by atoms with E-state index in [4.69, 9.17) is 5.73 Å². The highest BCUT2D eigenvalue weighted by Gasteiger charge is 2.25. The Morgan fingerprint density at radius 3 is 2.94 bits per heavy atom. The van der Waals surface area contributed by atoms with Crippen LogP contribution < -0.4 is 11.1 Å². The van der Waals surface area contributed by atoms with Gasteiger partial charge < -0.3 is 11.1 Å². The lowest BCUT2D eigenvalue weighted by Gasteiger charge is -2.07. The molecule has 0 radical (unpaired) electrons. The first-order valence-electron chi connectivity index (χ1n) is 5.75. The summed E-state index contributed by atoms with van der Waals surface area (Å²) in [4.78, 5) is 8.22. The summed E-state index contributed by atoms with van der Waals surface area (Å²) in [5, 5.41) is 10.4. The zero-order valence-corrected chi connectivity index (χ0v) is 11.5. The molecule has 0 spiro atoms. The van der Waals surface area contributed by atoms with E-state index in [-0.39, 0.29) is 5.95 Å². The Morgan fingerprint density at radius 2 is 2.22 bits per heavy atom. The Balaban J connectivity index is 1.86. The molecule has 0 bridgehead atoms. The van der Waals surface area contributed by atoms with E-state index < -0.39 is 0 Å². The average molecular weight is 309 g/mol. The molecular weight excluding hydrogens is 296 g/mol. The van der Waals surface area contributed by atoms with Gasteiger partial charge in [0.15, 0.2) is 11.6 Å². The molecule has 94 valence electrons. The summed E-state index contributed by atoms with van der Waals surface area (Å²) in [6.07, 6.45) is 2.48. The Bertz CT molecular complexity index is 589. The minimum atomic E-state index is 0.246. The monoisotopic (exact) mass is 308 g/mol. The van der Waals surface area contributed by atoms with Crippen LogP contribution in [0.1, 0.15) is 30.1 Å². The first-order valence-corrected chi connectivity index (χ1v) is 6.54. The van der Waals surface area contributed by atoms with E-state index >= 15 is 0 Å². The zero-order chi connectivity index (χ0) is 12.7. The van der Waals surface area contributed by atoms with Crippen LogP contribution >= 0.6 is 15.9 Å². The van der Waals surface area contributed by atoms with Crippen molar-refractivity contribution < 1.29 is 0 Å². The van der Waals surface area contributed by atoms with E-state index in [1.165, 1.54) is 18.5 Å². The van der Waals surface area contributed by atoms with Crippen LogP contribution in [-0.4, -0.2) is 20.2 Å². The average Bonchev–Trinajstić information content (AvgIpc) is 3.07. The van der Waals surface area contributed by atoms with Crippen molar-refractivity contribution in [2.75, 3.05) is 11.1 Å². The second kappa shape index (κ2) is 4.24. The number of hydrogen-bond donors (Lipinski definition) is 3. The molecule has 0 amide bonds. The number of halogens is 1. The van der Waals surface area contributed by atoms with Gasteiger partial charge in [0.1, 0.15) is 0 Å². The van der Waals surface area contributed by atoms with Gasteiger partial charge in [-0.2, -0.15) is 10.1 Å². The molecule has 0 aromatic carbocycles. The van der Waals surface area contributed by atoms with Crippen molar-refractivity contribution >= 4 is 33.5 Å². The minimum absolute atomic E-state index is 0.246. The zero-order valence-electron chi connectivity index (χ0n) is 9.87. The maximum Gasteiger partial charge on any atom is 0.222 e. The van der Waals surface area contributed by atoms with Crippen LogP contribution in [-0.2, 0) is 0 Å². The normalized spacial score (nSPS) is 14.8. The predicted molar refractivity (Wildman–Crippen MR) is 72.7 cm³/mol. The van der Waals surface area contributed by atoms with Crippen LogP contribution in [0.4, 0.5) is 17.6 Å². The van der Waals surface area contributed by atoms with Crippen molar-refractivity contribution in [1.29, 1.82) is 0 Å². The van der Waals surface area contributed by atoms with Crippen molar-refractivity contribution in [3.63, 3.8) is 0 Å². The van der Waals surface area contributed by atoms with E-state index in [1.54, 1.807) is 0 Å². The summed E-state index contributed by atoms with van der Waals surface area (Å²) < 4.78 is 0.799. The lowest BCUT2D eigenvalue weighted by atomic mass is 10.3. The number of nitrogens with two attached hydrogens (primary N) is 1. The van der Waals surface area contributed by atoms with Crippen LogP contribution in [0, 0.1) is 6.92 Å². The Morgan fingerprint density at radius 1 is 1.44 bits per heavy atom. The van der Waals surface area contributed by atoms with E-state index in [1.807, 2.05) is 13.0 Å². The molecule has 18 heavy (non-hydrogen) atoms. The fourth-order valence-electron chi connectivity index (χ4n) is 1.79. The van der Waals surface area contributed by atoms with Crippen LogP contribution in [0.25, 0.3) is 0 Å². The van der Waals surface area contributed by atoms with Crippen LogP contribution in [0.15, 0.2) is 10.5 Å². The summed E-state index contributed by atoms with van der Waals surface area (Å²) in [5.74, 6) is 2.27. The van der Waals surface area contributed by atoms with Gasteiger partial charge in [-0.15, -0.1) is 0 Å². The molecule has 2 heterocycles. The number of aromatic amines is 1. The molecule has 4 N–H and O–H groups in total. The van der Waals surface area contributed by atoms with Gasteiger partial charge in [-0.3, -0.25) is 5.10 Å². The van der Waals surface area contributed by atoms with Gasteiger partial charge in [0.2, 0.25) is 5.95 Å². The molecule has 0 unspecified atom stereocenters. The summed E-state index contributed by atoms with van der Waals surface area (Å²) in [7, 11) is 0. The summed E-state index contributed by atoms with van der Waals surface area (Å²) in [6, 6.07) is 2.01. The van der Waals surface area contributed by atoms with Crippen molar-refractivity contribution in [3.05, 3.63) is 21.9 Å². The number of nitrogens with one attached hydrogen (secondary N) is 2. The lowest BCUT2D eigenvalue weighted by molar-refractivity contribution is 0.966. The Hall–Kier alpha value is -1.63. The van der Waals surface area contributed by atoms with Crippen molar-refractivity contribution in [2.45, 2.75) is 25.7 Å². The SMILES string of the molecule is Cc1nc(N)nc(Nc2cc(C3CC3)[nH]n2)c1Br. The second-order valence-corrected chi connectivity index (χ2v) is 5.23. The topological polar surface area (TPSA) is 92.5 Å². The Labute approximate surface area is 113 Å². The van der Waals surface area contributed by atoms with Gasteiger partial charge in [0, 0.05) is 17.7 Å². The second-order valence-electron chi connectivity index (χ2n) is 4.44. The first-order chi connectivity index (χ1) is 8.63. The van der Waals surface area contributed by atoms with Crippen molar-refractivity contribution in [3.8, 4) is 0 Å². The molecule has 1 fully saturated rings. The molecule has 7 heteroatoms. The molecule has 3 rings (SSSR count). The van der Waals surface area contributed by atoms with E-state index in [0.29, 0.717) is 11.7 Å². The number of anilines is 3. The third-order valence-corrected chi connectivity index (χ3v) is 3.84. The molecule has 0 atom stereocenters. The highest BCUT2D eigenvalue weighted by Crippen LogP contribution is 2.39. The molecule has 1 aliphatic carbocycles. The van der Waals surface area contributed by atoms with E-state index in [0.717, 1.165) is 16.0 Å². The van der Waals surface area contributed by atoms with Crippen LogP contribution in [0.2, 0.25) is 0 Å². The standard InChI is InChI=1S/C11H13BrN6/c1-5-9(12)10(16-11(13)14-5)15-8-4-7(17-18-8)6-2-3-6/h4,6H,2-3H2,1H3,(H4,13,14,15,16,17,18). The maximum absolute atomic E-state index is 5.63. The predicted octanol–water partition coefficient (Wildman–Crippen LogP) is 2.47. The summed E-state index contributed by atoms with van der Waals surface area (Å²) >= 11 is 3.44. The third-order valence-electron chi connectivity index (χ3n) is 2.90. The van der Waals surface area contributed by atoms with Gasteiger partial charge in [-0.05, 0) is 35.7 Å². The number of nitrogens with zero attached hydrogens (tertiary/aromatic N) is 3. The fraction of sp³-hybridized carbons (Fsp3) is 0.364. The number of rotatable bonds is 3. The highest BCUT2D eigenvalue weighted by molar-refractivity contribution is 9.10. The first kappa shape index (κ1) is 11.5. The highest BCUT2D eigenvalue weighted by atomic mass is 79.9. The molecule has 1 aliphatic rings.